The number of rotatable bonds is 11. The third-order valence-electron chi connectivity index (χ3n) is 6.97. The molecule has 43 heavy (non-hydrogen) atoms. The van der Waals surface area contributed by atoms with Gasteiger partial charge in [0, 0.05) is 43.1 Å². The highest BCUT2D eigenvalue weighted by molar-refractivity contribution is 6.07. The topological polar surface area (TPSA) is 158 Å². The molecule has 0 spiro atoms. The molecule has 5 N–H and O–H groups in total. The molecule has 11 heteroatoms. The van der Waals surface area contributed by atoms with Crippen LogP contribution in [0.3, 0.4) is 0 Å². The minimum atomic E-state index is -0.337. The van der Waals surface area contributed by atoms with Crippen LogP contribution in [0.1, 0.15) is 49.8 Å². The van der Waals surface area contributed by atoms with Gasteiger partial charge < -0.3 is 30.8 Å². The number of hydrogen-bond donors (Lipinski definition) is 3. The molecule has 0 saturated carbocycles. The van der Waals surface area contributed by atoms with Crippen molar-refractivity contribution in [1.29, 1.82) is 0 Å². The third-order valence-corrected chi connectivity index (χ3v) is 6.97. The van der Waals surface area contributed by atoms with Crippen molar-refractivity contribution in [2.45, 2.75) is 19.1 Å². The summed E-state index contributed by atoms with van der Waals surface area (Å²) in [5, 5.41) is 15.9. The van der Waals surface area contributed by atoms with Gasteiger partial charge in [0.05, 0.1) is 25.5 Å². The maximum atomic E-state index is 13.8. The number of aromatic nitrogens is 2. The first-order chi connectivity index (χ1) is 20.9. The van der Waals surface area contributed by atoms with E-state index in [1.165, 1.54) is 20.3 Å². The van der Waals surface area contributed by atoms with Crippen molar-refractivity contribution in [2.75, 3.05) is 32.5 Å². The van der Waals surface area contributed by atoms with Crippen LogP contribution >= 0.6 is 0 Å². The molecule has 0 aliphatic carbocycles. The lowest BCUT2D eigenvalue weighted by Crippen LogP contribution is -2.25. The zero-order chi connectivity index (χ0) is 30.3. The quantitative estimate of drug-likeness (QED) is 0.135. The number of ketones is 1. The minimum absolute atomic E-state index is 0.0498. The number of fused-ring (bicyclic) bond motifs is 1. The molecule has 1 unspecified atom stereocenters. The summed E-state index contributed by atoms with van der Waals surface area (Å²) in [6, 6.07) is 18.8. The lowest BCUT2D eigenvalue weighted by Gasteiger charge is -2.31. The molecule has 4 aromatic rings. The van der Waals surface area contributed by atoms with Crippen molar-refractivity contribution in [2.24, 2.45) is 5.10 Å². The number of benzene rings is 3. The summed E-state index contributed by atoms with van der Waals surface area (Å²) in [6.07, 6.45) is 6.73. The van der Waals surface area contributed by atoms with Crippen molar-refractivity contribution in [3.05, 3.63) is 118 Å². The first-order valence-electron chi connectivity index (χ1n) is 13.4. The number of aliphatic hydroxyl groups is 1. The number of nitrogens with zero attached hydrogens (tertiary/aromatic N) is 4. The van der Waals surface area contributed by atoms with E-state index in [4.69, 9.17) is 25.7 Å². The average Bonchev–Trinajstić information content (AvgIpc) is 3.03. The van der Waals surface area contributed by atoms with Crippen LogP contribution in [0.5, 0.6) is 11.5 Å². The Kier molecular flexibility index (Phi) is 8.94. The molecule has 220 valence electrons. The van der Waals surface area contributed by atoms with E-state index in [0.29, 0.717) is 17.7 Å². The van der Waals surface area contributed by atoms with Crippen LogP contribution in [0, 0.1) is 0 Å². The summed E-state index contributed by atoms with van der Waals surface area (Å²) in [7, 11) is 2.99. The van der Waals surface area contributed by atoms with E-state index >= 15 is 0 Å². The Morgan fingerprint density at radius 3 is 2.58 bits per heavy atom. The average molecular weight is 581 g/mol. The van der Waals surface area contributed by atoms with Crippen LogP contribution in [0.15, 0.2) is 84.2 Å². The first kappa shape index (κ1) is 29.2. The van der Waals surface area contributed by atoms with E-state index in [-0.39, 0.29) is 48.3 Å². The molecule has 2 heterocycles. The molecule has 0 bridgehead atoms. The molecule has 0 radical (unpaired) electrons. The SMILES string of the molecule is COCOc1c(OC)cc(Cc2cnc(N)nc2N)cc1C(=O)/C=C/N1N=Cc2ccccc2C1c1ccc(CO)cc1. The largest absolute Gasteiger partial charge is 0.493 e. The molecule has 11 nitrogen and oxygen atoms in total. The van der Waals surface area contributed by atoms with Crippen LogP contribution in [0.4, 0.5) is 11.8 Å². The maximum absolute atomic E-state index is 13.8. The van der Waals surface area contributed by atoms with Crippen molar-refractivity contribution < 1.29 is 24.1 Å². The molecule has 1 atom stereocenters. The number of anilines is 2. The number of methoxy groups -OCH3 is 2. The minimum Gasteiger partial charge on any atom is -0.493 e. The Balaban J connectivity index is 1.51. The van der Waals surface area contributed by atoms with Crippen LogP contribution in [-0.4, -0.2) is 53.1 Å². The Labute approximate surface area is 249 Å². The van der Waals surface area contributed by atoms with Gasteiger partial charge >= 0.3 is 0 Å². The smallest absolute Gasteiger partial charge is 0.221 e. The molecule has 5 rings (SSSR count). The van der Waals surface area contributed by atoms with Gasteiger partial charge in [-0.2, -0.15) is 10.1 Å². The number of allylic oxidation sites excluding steroid dienone is 1. The second-order valence-corrected chi connectivity index (χ2v) is 9.78. The van der Waals surface area contributed by atoms with Gasteiger partial charge in [-0.25, -0.2) is 4.98 Å². The second-order valence-electron chi connectivity index (χ2n) is 9.78. The Bertz CT molecular complexity index is 1670. The second kappa shape index (κ2) is 13.1. The molecule has 3 aromatic carbocycles. The fourth-order valence-electron chi connectivity index (χ4n) is 4.86. The lowest BCUT2D eigenvalue weighted by atomic mass is 9.93. The number of aliphatic hydroxyl groups excluding tert-OH is 1. The predicted molar refractivity (Wildman–Crippen MR) is 163 cm³/mol. The lowest BCUT2D eigenvalue weighted by molar-refractivity contribution is 0.0483. The highest BCUT2D eigenvalue weighted by atomic mass is 16.7. The van der Waals surface area contributed by atoms with Crippen LogP contribution in [-0.2, 0) is 17.8 Å². The van der Waals surface area contributed by atoms with Gasteiger partial charge in [0.15, 0.2) is 24.1 Å². The molecule has 1 aromatic heterocycles. The van der Waals surface area contributed by atoms with Gasteiger partial charge in [0.25, 0.3) is 0 Å². The monoisotopic (exact) mass is 580 g/mol. The maximum Gasteiger partial charge on any atom is 0.221 e. The predicted octanol–water partition coefficient (Wildman–Crippen LogP) is 3.85. The van der Waals surface area contributed by atoms with Crippen molar-refractivity contribution >= 4 is 23.8 Å². The van der Waals surface area contributed by atoms with E-state index < -0.39 is 0 Å². The molecule has 1 aliphatic rings. The summed E-state index contributed by atoms with van der Waals surface area (Å²) < 4.78 is 16.5. The number of hydrogen-bond acceptors (Lipinski definition) is 11. The number of ether oxygens (including phenoxy) is 3. The van der Waals surface area contributed by atoms with E-state index in [2.05, 4.69) is 15.1 Å². The highest BCUT2D eigenvalue weighted by Gasteiger charge is 2.26. The number of nitrogens with two attached hydrogens (primary N) is 2. The standard InChI is InChI=1S/C32H32N6O5/c1-41-19-43-30-26(14-21(15-28(30)42-2)13-24-16-35-32(34)37-31(24)33)27(40)11-12-38-29(22-9-7-20(18-39)8-10-22)25-6-4-3-5-23(25)17-36-38/h3-12,14-17,29,39H,13,18-19H2,1-2H3,(H4,33,34,35,37)/b12-11+. The molecule has 1 aliphatic heterocycles. The molecule has 0 saturated heterocycles. The molecule has 0 fully saturated rings. The number of nitrogen functional groups attached to an aromatic ring is 2. The zero-order valence-electron chi connectivity index (χ0n) is 23.8. The number of hydrazone groups is 1. The van der Waals surface area contributed by atoms with Crippen molar-refractivity contribution in [3.63, 3.8) is 0 Å². The van der Waals surface area contributed by atoms with Crippen LogP contribution < -0.4 is 20.9 Å². The first-order valence-corrected chi connectivity index (χ1v) is 13.4. The van der Waals surface area contributed by atoms with E-state index in [9.17, 15) is 9.90 Å². The van der Waals surface area contributed by atoms with Gasteiger partial charge in [-0.15, -0.1) is 0 Å². The van der Waals surface area contributed by atoms with Crippen LogP contribution in [0.2, 0.25) is 0 Å². The number of carbonyl (C=O) groups excluding carboxylic acids is 1. The van der Waals surface area contributed by atoms with Gasteiger partial charge in [-0.3, -0.25) is 9.80 Å². The van der Waals surface area contributed by atoms with E-state index in [1.807, 2.05) is 48.5 Å². The van der Waals surface area contributed by atoms with E-state index in [0.717, 1.165) is 27.8 Å². The zero-order valence-corrected chi connectivity index (χ0v) is 23.8. The summed E-state index contributed by atoms with van der Waals surface area (Å²) in [5.74, 6) is 0.589. The van der Waals surface area contributed by atoms with E-state index in [1.54, 1.807) is 35.8 Å². The summed E-state index contributed by atoms with van der Waals surface area (Å²) in [4.78, 5) is 21.9. The highest BCUT2D eigenvalue weighted by Crippen LogP contribution is 2.36. The van der Waals surface area contributed by atoms with Gasteiger partial charge in [-0.1, -0.05) is 48.5 Å². The Morgan fingerprint density at radius 2 is 1.86 bits per heavy atom. The molecule has 0 amide bonds. The Hall–Kier alpha value is -5.26. The Morgan fingerprint density at radius 1 is 1.07 bits per heavy atom. The van der Waals surface area contributed by atoms with Gasteiger partial charge in [-0.05, 0) is 34.4 Å². The number of carbonyl (C=O) groups is 1. The summed E-state index contributed by atoms with van der Waals surface area (Å²) in [5.41, 5.74) is 17.1. The molecular formula is C32H32N6O5. The fourth-order valence-corrected chi connectivity index (χ4v) is 4.86. The van der Waals surface area contributed by atoms with Crippen molar-refractivity contribution in [1.82, 2.24) is 15.0 Å². The van der Waals surface area contributed by atoms with Crippen LogP contribution in [0.25, 0.3) is 0 Å². The normalized spacial score (nSPS) is 14.1. The summed E-state index contributed by atoms with van der Waals surface area (Å²) >= 11 is 0. The third kappa shape index (κ3) is 6.48. The van der Waals surface area contributed by atoms with Gasteiger partial charge in [0.1, 0.15) is 11.9 Å². The summed E-state index contributed by atoms with van der Waals surface area (Å²) in [6.45, 7) is -0.136. The van der Waals surface area contributed by atoms with Crippen molar-refractivity contribution in [3.8, 4) is 11.5 Å². The molecular weight excluding hydrogens is 548 g/mol. The van der Waals surface area contributed by atoms with Gasteiger partial charge in [0.2, 0.25) is 5.95 Å². The fraction of sp³-hybridized carbons (Fsp3) is 0.188.